The number of aryl methyl sites for hydroxylation is 1. The van der Waals surface area contributed by atoms with Gasteiger partial charge in [-0.05, 0) is 18.6 Å². The first-order valence-corrected chi connectivity index (χ1v) is 7.82. The average molecular weight is 338 g/mol. The van der Waals surface area contributed by atoms with Gasteiger partial charge in [0.2, 0.25) is 5.91 Å². The Bertz CT molecular complexity index is 671. The van der Waals surface area contributed by atoms with Crippen LogP contribution < -0.4 is 10.6 Å². The largest absolute Gasteiger partial charge is 0.378 e. The Balaban J connectivity index is 0.00000192. The molecular weight excluding hydrogens is 314 g/mol. The summed E-state index contributed by atoms with van der Waals surface area (Å²) in [6.07, 6.45) is 2.55. The van der Waals surface area contributed by atoms with E-state index in [4.69, 9.17) is 4.74 Å². The fraction of sp³-hybridized carbons (Fsp3) is 0.471. The van der Waals surface area contributed by atoms with Crippen molar-refractivity contribution in [2.24, 2.45) is 0 Å². The number of aromatic nitrogens is 1. The molecule has 0 spiro atoms. The Kier molecular flexibility index (Phi) is 6.04. The monoisotopic (exact) mass is 337 g/mol. The van der Waals surface area contributed by atoms with Gasteiger partial charge in [-0.3, -0.25) is 4.79 Å². The molecule has 1 saturated heterocycles. The second kappa shape index (κ2) is 7.81. The predicted octanol–water partition coefficient (Wildman–Crippen LogP) is 1.73. The molecule has 0 saturated carbocycles. The minimum Gasteiger partial charge on any atom is -0.378 e. The van der Waals surface area contributed by atoms with Gasteiger partial charge < -0.3 is 19.9 Å². The summed E-state index contributed by atoms with van der Waals surface area (Å²) in [7, 11) is 1.69. The highest BCUT2D eigenvalue weighted by Gasteiger charge is 2.28. The van der Waals surface area contributed by atoms with E-state index in [2.05, 4.69) is 40.5 Å². The van der Waals surface area contributed by atoms with E-state index in [1.165, 1.54) is 5.52 Å². The fourth-order valence-corrected chi connectivity index (χ4v) is 3.20. The molecule has 6 heteroatoms. The number of nitrogens with zero attached hydrogens (tertiary/aromatic N) is 1. The maximum atomic E-state index is 12.4. The van der Waals surface area contributed by atoms with Crippen molar-refractivity contribution in [1.29, 1.82) is 0 Å². The van der Waals surface area contributed by atoms with E-state index < -0.39 is 0 Å². The number of carbonyl (C=O) groups is 1. The summed E-state index contributed by atoms with van der Waals surface area (Å²) in [5.74, 6) is 0.0507. The maximum absolute atomic E-state index is 12.4. The van der Waals surface area contributed by atoms with Crippen molar-refractivity contribution < 1.29 is 9.53 Å². The average Bonchev–Trinajstić information content (AvgIpc) is 3.12. The van der Waals surface area contributed by atoms with Crippen LogP contribution in [0.15, 0.2) is 30.5 Å². The number of amides is 1. The van der Waals surface area contributed by atoms with Crippen LogP contribution in [0.2, 0.25) is 0 Å². The lowest BCUT2D eigenvalue weighted by Gasteiger charge is -2.18. The van der Waals surface area contributed by atoms with E-state index in [9.17, 15) is 4.79 Å². The molecule has 2 atom stereocenters. The maximum Gasteiger partial charge on any atom is 0.224 e. The molecule has 5 nitrogen and oxygen atoms in total. The molecule has 0 radical (unpaired) electrons. The molecule has 1 amide bonds. The molecule has 2 heterocycles. The summed E-state index contributed by atoms with van der Waals surface area (Å²) in [5.41, 5.74) is 2.26. The van der Waals surface area contributed by atoms with Crippen LogP contribution in [0.1, 0.15) is 12.5 Å². The fourth-order valence-electron chi connectivity index (χ4n) is 3.20. The first-order valence-electron chi connectivity index (χ1n) is 7.82. The molecular formula is C17H24ClN3O2. The minimum atomic E-state index is 0. The topological polar surface area (TPSA) is 55.3 Å². The van der Waals surface area contributed by atoms with E-state index in [0.29, 0.717) is 6.42 Å². The van der Waals surface area contributed by atoms with Gasteiger partial charge in [0.05, 0.1) is 18.6 Å². The van der Waals surface area contributed by atoms with Gasteiger partial charge in [-0.25, -0.2) is 0 Å². The number of ether oxygens (including phenoxy) is 1. The summed E-state index contributed by atoms with van der Waals surface area (Å²) < 4.78 is 7.57. The number of benzene rings is 1. The minimum absolute atomic E-state index is 0. The van der Waals surface area contributed by atoms with Crippen LogP contribution in [0.4, 0.5) is 0 Å². The van der Waals surface area contributed by atoms with Crippen molar-refractivity contribution >= 4 is 29.2 Å². The van der Waals surface area contributed by atoms with Crippen molar-refractivity contribution in [3.05, 3.63) is 36.0 Å². The van der Waals surface area contributed by atoms with E-state index in [-0.39, 0.29) is 30.5 Å². The lowest BCUT2D eigenvalue weighted by Crippen LogP contribution is -2.44. The molecule has 2 unspecified atom stereocenters. The second-order valence-electron chi connectivity index (χ2n) is 5.74. The Labute approximate surface area is 142 Å². The van der Waals surface area contributed by atoms with Gasteiger partial charge >= 0.3 is 0 Å². The normalized spacial score (nSPS) is 20.4. The van der Waals surface area contributed by atoms with Crippen molar-refractivity contribution in [2.75, 3.05) is 20.2 Å². The molecule has 23 heavy (non-hydrogen) atoms. The van der Waals surface area contributed by atoms with Crippen LogP contribution >= 0.6 is 12.4 Å². The van der Waals surface area contributed by atoms with E-state index >= 15 is 0 Å². The molecule has 126 valence electrons. The van der Waals surface area contributed by atoms with Crippen LogP contribution in [0, 0.1) is 0 Å². The predicted molar refractivity (Wildman–Crippen MR) is 94.2 cm³/mol. The molecule has 2 aromatic rings. The quantitative estimate of drug-likeness (QED) is 0.873. The van der Waals surface area contributed by atoms with Crippen molar-refractivity contribution in [3.63, 3.8) is 0 Å². The van der Waals surface area contributed by atoms with Gasteiger partial charge in [-0.2, -0.15) is 0 Å². The molecule has 2 N–H and O–H groups in total. The number of carbonyl (C=O) groups excluding carboxylic acids is 1. The van der Waals surface area contributed by atoms with E-state index in [1.54, 1.807) is 7.11 Å². The van der Waals surface area contributed by atoms with Crippen molar-refractivity contribution in [3.8, 4) is 0 Å². The molecule has 1 aliphatic heterocycles. The summed E-state index contributed by atoms with van der Waals surface area (Å²) in [4.78, 5) is 12.4. The highest BCUT2D eigenvalue weighted by molar-refractivity contribution is 5.89. The Morgan fingerprint density at radius 2 is 2.17 bits per heavy atom. The third kappa shape index (κ3) is 3.68. The van der Waals surface area contributed by atoms with Gasteiger partial charge in [0, 0.05) is 43.8 Å². The Hall–Kier alpha value is -1.56. The SMILES string of the molecule is CCn1cc(CC(=O)NC2CNCC2OC)c2ccccc21.Cl. The second-order valence-corrected chi connectivity index (χ2v) is 5.74. The highest BCUT2D eigenvalue weighted by Crippen LogP contribution is 2.21. The number of halogens is 1. The smallest absolute Gasteiger partial charge is 0.224 e. The summed E-state index contributed by atoms with van der Waals surface area (Å²) in [6, 6.07) is 8.29. The van der Waals surface area contributed by atoms with Gasteiger partial charge in [0.15, 0.2) is 0 Å². The zero-order chi connectivity index (χ0) is 15.5. The zero-order valence-electron chi connectivity index (χ0n) is 13.5. The number of nitrogens with one attached hydrogen (secondary N) is 2. The van der Waals surface area contributed by atoms with E-state index in [1.807, 2.05) is 12.1 Å². The zero-order valence-corrected chi connectivity index (χ0v) is 14.4. The Morgan fingerprint density at radius 1 is 1.39 bits per heavy atom. The molecule has 1 aliphatic rings. The standard InChI is InChI=1S/C17H23N3O2.ClH/c1-3-20-11-12(13-6-4-5-7-15(13)20)8-17(21)19-14-9-18-10-16(14)22-2;/h4-7,11,14,16,18H,3,8-10H2,1-2H3,(H,19,21);1H. The van der Waals surface area contributed by atoms with Gasteiger partial charge in [-0.1, -0.05) is 18.2 Å². The first kappa shape index (κ1) is 17.8. The van der Waals surface area contributed by atoms with Gasteiger partial charge in [0.25, 0.3) is 0 Å². The van der Waals surface area contributed by atoms with Crippen molar-refractivity contribution in [1.82, 2.24) is 15.2 Å². The third-order valence-electron chi connectivity index (χ3n) is 4.37. The summed E-state index contributed by atoms with van der Waals surface area (Å²) in [5, 5.41) is 7.49. The Morgan fingerprint density at radius 3 is 2.91 bits per heavy atom. The summed E-state index contributed by atoms with van der Waals surface area (Å²) >= 11 is 0. The van der Waals surface area contributed by atoms with Crippen molar-refractivity contribution in [2.45, 2.75) is 32.0 Å². The van der Waals surface area contributed by atoms with Crippen LogP contribution in [0.5, 0.6) is 0 Å². The molecule has 0 aliphatic carbocycles. The number of para-hydroxylation sites is 1. The first-order chi connectivity index (χ1) is 10.7. The number of rotatable bonds is 5. The number of fused-ring (bicyclic) bond motifs is 1. The van der Waals surface area contributed by atoms with Crippen LogP contribution in [0.25, 0.3) is 10.9 Å². The van der Waals surface area contributed by atoms with Crippen LogP contribution in [-0.4, -0.2) is 42.8 Å². The lowest BCUT2D eigenvalue weighted by molar-refractivity contribution is -0.121. The number of hydrogen-bond donors (Lipinski definition) is 2. The third-order valence-corrected chi connectivity index (χ3v) is 4.37. The van der Waals surface area contributed by atoms with Crippen LogP contribution in [0.3, 0.4) is 0 Å². The molecule has 1 aromatic heterocycles. The molecule has 0 bridgehead atoms. The number of hydrogen-bond acceptors (Lipinski definition) is 3. The van der Waals surface area contributed by atoms with Gasteiger partial charge in [0.1, 0.15) is 0 Å². The molecule has 1 fully saturated rings. The van der Waals surface area contributed by atoms with Crippen LogP contribution in [-0.2, 0) is 22.5 Å². The van der Waals surface area contributed by atoms with Gasteiger partial charge in [-0.15, -0.1) is 12.4 Å². The number of methoxy groups -OCH3 is 1. The lowest BCUT2D eigenvalue weighted by atomic mass is 10.1. The van der Waals surface area contributed by atoms with E-state index in [0.717, 1.165) is 30.6 Å². The molecule has 1 aromatic carbocycles. The molecule has 3 rings (SSSR count). The summed E-state index contributed by atoms with van der Waals surface area (Å²) in [6.45, 7) is 4.57. The highest BCUT2D eigenvalue weighted by atomic mass is 35.5.